The summed E-state index contributed by atoms with van der Waals surface area (Å²) >= 11 is 1.23. The Hall–Kier alpha value is -2.60. The minimum absolute atomic E-state index is 0.166. The summed E-state index contributed by atoms with van der Waals surface area (Å²) in [6.07, 6.45) is -4.89. The summed E-state index contributed by atoms with van der Waals surface area (Å²) in [5.74, 6) is -1.15. The number of carbonyl (C=O) groups excluding carboxylic acids is 1. The maximum absolute atomic E-state index is 12.1. The number of hydrogen-bond donors (Lipinski definition) is 1. The van der Waals surface area contributed by atoms with E-state index in [4.69, 9.17) is 5.26 Å². The number of thiazole rings is 1. The molecule has 0 spiro atoms. The topological polar surface area (TPSA) is 75.0 Å². The minimum atomic E-state index is -4.89. The van der Waals surface area contributed by atoms with Crippen LogP contribution in [0.5, 0.6) is 5.75 Å². The van der Waals surface area contributed by atoms with Crippen LogP contribution in [0.2, 0.25) is 0 Å². The van der Waals surface area contributed by atoms with E-state index >= 15 is 0 Å². The third-order valence-corrected chi connectivity index (χ3v) is 2.83. The summed E-state index contributed by atoms with van der Waals surface area (Å²) < 4.78 is 40.1. The summed E-state index contributed by atoms with van der Waals surface area (Å²) in [5, 5.41) is 12.8. The Balaban J connectivity index is 2.20. The fourth-order valence-electron chi connectivity index (χ4n) is 1.43. The highest BCUT2D eigenvalue weighted by Gasteiger charge is 2.32. The van der Waals surface area contributed by atoms with Crippen LogP contribution in [-0.2, 0) is 0 Å². The number of rotatable bonds is 3. The van der Waals surface area contributed by atoms with Crippen molar-refractivity contribution in [2.24, 2.45) is 0 Å². The Morgan fingerprint density at radius 3 is 2.76 bits per heavy atom. The fraction of sp³-hybridized carbons (Fsp3) is 0.0833. The first-order chi connectivity index (χ1) is 9.89. The molecule has 0 radical (unpaired) electrons. The predicted molar refractivity (Wildman–Crippen MR) is 67.9 cm³/mol. The SMILES string of the molecule is N#Cc1cc(NC(=O)c2cscn2)ccc1OC(F)(F)F. The van der Waals surface area contributed by atoms with Crippen molar-refractivity contribution in [1.29, 1.82) is 5.26 Å². The maximum Gasteiger partial charge on any atom is 0.573 e. The number of aromatic nitrogens is 1. The zero-order chi connectivity index (χ0) is 15.5. The number of nitrogens with one attached hydrogen (secondary N) is 1. The predicted octanol–water partition coefficient (Wildman–Crippen LogP) is 3.17. The number of amides is 1. The van der Waals surface area contributed by atoms with E-state index in [1.165, 1.54) is 28.3 Å². The quantitative estimate of drug-likeness (QED) is 0.944. The van der Waals surface area contributed by atoms with Gasteiger partial charge in [0.25, 0.3) is 5.91 Å². The van der Waals surface area contributed by atoms with Crippen molar-refractivity contribution < 1.29 is 22.7 Å². The Labute approximate surface area is 120 Å². The number of alkyl halides is 3. The number of benzene rings is 1. The van der Waals surface area contributed by atoms with Crippen LogP contribution in [0.4, 0.5) is 18.9 Å². The molecule has 0 atom stereocenters. The number of hydrogen-bond acceptors (Lipinski definition) is 5. The van der Waals surface area contributed by atoms with Crippen LogP contribution in [0.15, 0.2) is 29.1 Å². The first kappa shape index (κ1) is 14.8. The van der Waals surface area contributed by atoms with E-state index in [1.54, 1.807) is 6.07 Å². The molecule has 1 aromatic heterocycles. The molecule has 1 aromatic carbocycles. The number of carbonyl (C=O) groups is 1. The third-order valence-electron chi connectivity index (χ3n) is 2.25. The lowest BCUT2D eigenvalue weighted by atomic mass is 10.2. The van der Waals surface area contributed by atoms with E-state index in [0.717, 1.165) is 12.1 Å². The molecule has 21 heavy (non-hydrogen) atoms. The second-order valence-corrected chi connectivity index (χ2v) is 4.42. The minimum Gasteiger partial charge on any atom is -0.404 e. The van der Waals surface area contributed by atoms with Crippen molar-refractivity contribution in [2.45, 2.75) is 6.36 Å². The lowest BCUT2D eigenvalue weighted by Crippen LogP contribution is -2.18. The zero-order valence-electron chi connectivity index (χ0n) is 10.1. The first-order valence-corrected chi connectivity index (χ1v) is 6.33. The monoisotopic (exact) mass is 313 g/mol. The van der Waals surface area contributed by atoms with E-state index in [-0.39, 0.29) is 16.9 Å². The average Bonchev–Trinajstić information content (AvgIpc) is 2.93. The highest BCUT2D eigenvalue weighted by atomic mass is 32.1. The summed E-state index contributed by atoms with van der Waals surface area (Å²) in [5.41, 5.74) is 1.46. The van der Waals surface area contributed by atoms with Crippen molar-refractivity contribution in [2.75, 3.05) is 5.32 Å². The van der Waals surface area contributed by atoms with Gasteiger partial charge in [0, 0.05) is 11.1 Å². The maximum atomic E-state index is 12.1. The number of nitrogens with zero attached hydrogens (tertiary/aromatic N) is 2. The van der Waals surface area contributed by atoms with Gasteiger partial charge in [0.15, 0.2) is 0 Å². The van der Waals surface area contributed by atoms with Crippen LogP contribution in [0.3, 0.4) is 0 Å². The number of ether oxygens (including phenoxy) is 1. The van der Waals surface area contributed by atoms with E-state index in [9.17, 15) is 18.0 Å². The molecule has 2 aromatic rings. The number of anilines is 1. The molecule has 108 valence electrons. The molecule has 0 saturated heterocycles. The number of nitriles is 1. The molecule has 0 unspecified atom stereocenters. The second kappa shape index (κ2) is 5.80. The van der Waals surface area contributed by atoms with Gasteiger partial charge in [0.1, 0.15) is 17.5 Å². The van der Waals surface area contributed by atoms with Gasteiger partial charge in [-0.3, -0.25) is 4.79 Å². The molecule has 0 aliphatic rings. The highest BCUT2D eigenvalue weighted by molar-refractivity contribution is 7.07. The second-order valence-electron chi connectivity index (χ2n) is 3.70. The lowest BCUT2D eigenvalue weighted by molar-refractivity contribution is -0.274. The van der Waals surface area contributed by atoms with Crippen LogP contribution in [0.25, 0.3) is 0 Å². The van der Waals surface area contributed by atoms with Crippen LogP contribution in [-0.4, -0.2) is 17.3 Å². The molecule has 0 bridgehead atoms. The Morgan fingerprint density at radius 1 is 1.43 bits per heavy atom. The molecule has 5 nitrogen and oxygen atoms in total. The smallest absolute Gasteiger partial charge is 0.404 e. The van der Waals surface area contributed by atoms with Crippen LogP contribution in [0.1, 0.15) is 16.1 Å². The lowest BCUT2D eigenvalue weighted by Gasteiger charge is -2.11. The third kappa shape index (κ3) is 3.93. The van der Waals surface area contributed by atoms with Gasteiger partial charge in [-0.2, -0.15) is 5.26 Å². The van der Waals surface area contributed by atoms with Crippen LogP contribution in [0, 0.1) is 11.3 Å². The Kier molecular flexibility index (Phi) is 4.09. The molecule has 0 saturated carbocycles. The average molecular weight is 313 g/mol. The van der Waals surface area contributed by atoms with Crippen molar-refractivity contribution in [3.05, 3.63) is 40.3 Å². The molecule has 9 heteroatoms. The molecule has 1 N–H and O–H groups in total. The largest absolute Gasteiger partial charge is 0.573 e. The molecule has 2 rings (SSSR count). The van der Waals surface area contributed by atoms with Crippen LogP contribution >= 0.6 is 11.3 Å². The summed E-state index contributed by atoms with van der Waals surface area (Å²) in [4.78, 5) is 15.5. The standard InChI is InChI=1S/C12H6F3N3O2S/c13-12(14,15)20-10-2-1-8(3-7(10)4-16)18-11(19)9-5-21-6-17-9/h1-3,5-6H,(H,18,19). The first-order valence-electron chi connectivity index (χ1n) is 5.38. The van der Waals surface area contributed by atoms with Gasteiger partial charge >= 0.3 is 6.36 Å². The van der Waals surface area contributed by atoms with E-state index < -0.39 is 18.0 Å². The van der Waals surface area contributed by atoms with Gasteiger partial charge in [0.05, 0.1) is 11.1 Å². The Morgan fingerprint density at radius 2 is 2.19 bits per heavy atom. The summed E-state index contributed by atoms with van der Waals surface area (Å²) in [6, 6.07) is 4.83. The molecular formula is C12H6F3N3O2S. The van der Waals surface area contributed by atoms with Gasteiger partial charge in [0.2, 0.25) is 0 Å². The van der Waals surface area contributed by atoms with Gasteiger partial charge in [-0.15, -0.1) is 24.5 Å². The molecule has 1 amide bonds. The number of halogens is 3. The zero-order valence-corrected chi connectivity index (χ0v) is 11.0. The van der Waals surface area contributed by atoms with Gasteiger partial charge < -0.3 is 10.1 Å². The van der Waals surface area contributed by atoms with Gasteiger partial charge in [-0.05, 0) is 18.2 Å². The van der Waals surface area contributed by atoms with Gasteiger partial charge in [-0.1, -0.05) is 0 Å². The highest BCUT2D eigenvalue weighted by Crippen LogP contribution is 2.28. The van der Waals surface area contributed by atoms with Crippen molar-refractivity contribution in [3.8, 4) is 11.8 Å². The van der Waals surface area contributed by atoms with Gasteiger partial charge in [-0.25, -0.2) is 4.98 Å². The summed E-state index contributed by atoms with van der Waals surface area (Å²) in [6.45, 7) is 0. The summed E-state index contributed by atoms with van der Waals surface area (Å²) in [7, 11) is 0. The van der Waals surface area contributed by atoms with E-state index in [2.05, 4.69) is 15.0 Å². The normalized spacial score (nSPS) is 10.8. The van der Waals surface area contributed by atoms with E-state index in [0.29, 0.717) is 0 Å². The molecular weight excluding hydrogens is 307 g/mol. The van der Waals surface area contributed by atoms with Crippen molar-refractivity contribution in [3.63, 3.8) is 0 Å². The Bertz CT molecular complexity index is 693. The molecule has 1 heterocycles. The molecule has 0 aliphatic heterocycles. The van der Waals surface area contributed by atoms with E-state index in [1.807, 2.05) is 0 Å². The van der Waals surface area contributed by atoms with Crippen molar-refractivity contribution >= 4 is 22.9 Å². The van der Waals surface area contributed by atoms with Crippen molar-refractivity contribution in [1.82, 2.24) is 4.98 Å². The van der Waals surface area contributed by atoms with Crippen LogP contribution < -0.4 is 10.1 Å². The molecule has 0 aliphatic carbocycles. The molecule has 0 fully saturated rings. The fourth-order valence-corrected chi connectivity index (χ4v) is 1.96.